The predicted molar refractivity (Wildman–Crippen MR) is 106 cm³/mol. The summed E-state index contributed by atoms with van der Waals surface area (Å²) < 4.78 is 11.8. The van der Waals surface area contributed by atoms with Crippen LogP contribution in [0.15, 0.2) is 51.7 Å². The topological polar surface area (TPSA) is 103 Å². The number of hydrogen-bond acceptors (Lipinski definition) is 5. The van der Waals surface area contributed by atoms with Crippen molar-refractivity contribution in [2.75, 3.05) is 17.2 Å². The fourth-order valence-electron chi connectivity index (χ4n) is 2.87. The number of aromatic nitrogens is 1. The zero-order valence-corrected chi connectivity index (χ0v) is 15.8. The van der Waals surface area contributed by atoms with Crippen LogP contribution in [0.5, 0.6) is 0 Å². The van der Waals surface area contributed by atoms with Gasteiger partial charge in [0.15, 0.2) is 5.58 Å². The summed E-state index contributed by atoms with van der Waals surface area (Å²) in [5.74, 6) is -0.966. The quantitative estimate of drug-likeness (QED) is 0.649. The van der Waals surface area contributed by atoms with Gasteiger partial charge in [-0.05, 0) is 45.0 Å². The fourth-order valence-corrected chi connectivity index (χ4v) is 2.87. The van der Waals surface area contributed by atoms with Crippen molar-refractivity contribution in [1.29, 1.82) is 0 Å². The van der Waals surface area contributed by atoms with Crippen molar-refractivity contribution in [2.45, 2.75) is 26.8 Å². The molecule has 2 N–H and O–H groups in total. The number of fused-ring (bicyclic) bond motifs is 1. The molecule has 146 valence electrons. The van der Waals surface area contributed by atoms with Crippen LogP contribution in [-0.2, 0) is 4.74 Å². The number of nitrogens with zero attached hydrogens (tertiary/aromatic N) is 1. The summed E-state index contributed by atoms with van der Waals surface area (Å²) in [5.41, 5.74) is 2.07. The minimum atomic E-state index is -0.540. The van der Waals surface area contributed by atoms with E-state index in [0.717, 1.165) is 0 Å². The maximum atomic E-state index is 12.4. The molecule has 8 heteroatoms. The van der Waals surface area contributed by atoms with E-state index < -0.39 is 17.8 Å². The zero-order chi connectivity index (χ0) is 20.3. The average Bonchev–Trinajstić information content (AvgIpc) is 2.97. The molecule has 1 heterocycles. The van der Waals surface area contributed by atoms with Crippen LogP contribution < -0.4 is 16.4 Å². The Hall–Kier alpha value is -3.55. The van der Waals surface area contributed by atoms with Gasteiger partial charge in [-0.1, -0.05) is 12.1 Å². The highest BCUT2D eigenvalue weighted by Crippen LogP contribution is 2.22. The zero-order valence-electron chi connectivity index (χ0n) is 15.8. The van der Waals surface area contributed by atoms with Gasteiger partial charge >= 0.3 is 17.8 Å². The highest BCUT2D eigenvalue weighted by Gasteiger charge is 2.15. The van der Waals surface area contributed by atoms with Gasteiger partial charge in [-0.2, -0.15) is 0 Å². The van der Waals surface area contributed by atoms with Gasteiger partial charge in [-0.25, -0.2) is 14.4 Å². The summed E-state index contributed by atoms with van der Waals surface area (Å²) in [5, 5.41) is 5.30. The number of amides is 2. The van der Waals surface area contributed by atoms with E-state index in [1.807, 2.05) is 13.8 Å². The van der Waals surface area contributed by atoms with Crippen LogP contribution in [0.2, 0.25) is 0 Å². The molecule has 0 unspecified atom stereocenters. The molecule has 0 aliphatic carbocycles. The molecule has 0 aliphatic heterocycles. The number of nitrogens with one attached hydrogen (secondary N) is 2. The number of oxazole rings is 1. The summed E-state index contributed by atoms with van der Waals surface area (Å²) in [6, 6.07) is 10.9. The van der Waals surface area contributed by atoms with Crippen molar-refractivity contribution in [3.8, 4) is 0 Å². The number of benzene rings is 2. The van der Waals surface area contributed by atoms with E-state index in [1.54, 1.807) is 49.4 Å². The summed E-state index contributed by atoms with van der Waals surface area (Å²) in [6.07, 6.45) is 0. The molecule has 0 bridgehead atoms. The first-order chi connectivity index (χ1) is 13.4. The summed E-state index contributed by atoms with van der Waals surface area (Å²) >= 11 is 0. The Morgan fingerprint density at radius 1 is 1.14 bits per heavy atom. The second-order valence-corrected chi connectivity index (χ2v) is 6.36. The largest absolute Gasteiger partial charge is 0.462 e. The summed E-state index contributed by atoms with van der Waals surface area (Å²) in [6.45, 7) is 5.72. The Morgan fingerprint density at radius 3 is 2.61 bits per heavy atom. The van der Waals surface area contributed by atoms with Crippen LogP contribution in [0.25, 0.3) is 11.1 Å². The monoisotopic (exact) mass is 383 g/mol. The molecule has 28 heavy (non-hydrogen) atoms. The SMILES string of the molecule is CCOC(=O)c1ccccc1NC(=O)Nc1ccc2c(c1)oc(=O)n2C(C)C. The Morgan fingerprint density at radius 2 is 1.89 bits per heavy atom. The second kappa shape index (κ2) is 7.99. The molecule has 0 aliphatic rings. The van der Waals surface area contributed by atoms with Gasteiger partial charge in [0.1, 0.15) is 0 Å². The predicted octanol–water partition coefficient (Wildman–Crippen LogP) is 4.00. The van der Waals surface area contributed by atoms with Gasteiger partial charge in [0.25, 0.3) is 0 Å². The third-order valence-electron chi connectivity index (χ3n) is 4.06. The lowest BCUT2D eigenvalue weighted by Gasteiger charge is -2.11. The number of esters is 1. The standard InChI is InChI=1S/C20H21N3O5/c1-4-27-18(24)14-7-5-6-8-15(14)22-19(25)21-13-9-10-16-17(11-13)28-20(26)23(16)12(2)3/h5-12H,4H2,1-3H3,(H2,21,22,25). The maximum Gasteiger partial charge on any atom is 0.420 e. The number of anilines is 2. The van der Waals surface area contributed by atoms with Gasteiger partial charge in [0.05, 0.1) is 23.4 Å². The number of para-hydroxylation sites is 1. The molecule has 8 nitrogen and oxygen atoms in total. The summed E-state index contributed by atoms with van der Waals surface area (Å²) in [7, 11) is 0. The molecular formula is C20H21N3O5. The molecule has 0 spiro atoms. The van der Waals surface area contributed by atoms with Crippen molar-refractivity contribution in [3.63, 3.8) is 0 Å². The summed E-state index contributed by atoms with van der Waals surface area (Å²) in [4.78, 5) is 36.3. The molecule has 0 atom stereocenters. The first-order valence-corrected chi connectivity index (χ1v) is 8.90. The van der Waals surface area contributed by atoms with Crippen LogP contribution in [0.3, 0.4) is 0 Å². The van der Waals surface area contributed by atoms with E-state index in [-0.39, 0.29) is 18.2 Å². The molecule has 0 saturated heterocycles. The van der Waals surface area contributed by atoms with Crippen LogP contribution in [0.4, 0.5) is 16.2 Å². The molecule has 0 radical (unpaired) electrons. The van der Waals surface area contributed by atoms with E-state index in [4.69, 9.17) is 9.15 Å². The van der Waals surface area contributed by atoms with Crippen LogP contribution in [0.1, 0.15) is 37.2 Å². The normalized spacial score (nSPS) is 10.9. The van der Waals surface area contributed by atoms with Gasteiger partial charge in [-0.3, -0.25) is 4.57 Å². The minimum absolute atomic E-state index is 0.0461. The molecule has 0 fully saturated rings. The van der Waals surface area contributed by atoms with Gasteiger partial charge in [0, 0.05) is 17.8 Å². The molecule has 2 amide bonds. The highest BCUT2D eigenvalue weighted by atomic mass is 16.5. The minimum Gasteiger partial charge on any atom is -0.462 e. The van der Waals surface area contributed by atoms with Crippen molar-refractivity contribution >= 4 is 34.5 Å². The van der Waals surface area contributed by atoms with E-state index >= 15 is 0 Å². The van der Waals surface area contributed by atoms with Gasteiger partial charge < -0.3 is 19.8 Å². The highest BCUT2D eigenvalue weighted by molar-refractivity contribution is 6.05. The lowest BCUT2D eigenvalue weighted by Crippen LogP contribution is -2.21. The Bertz CT molecular complexity index is 1080. The van der Waals surface area contributed by atoms with Crippen molar-refractivity contribution < 1.29 is 18.7 Å². The number of rotatable bonds is 5. The number of hydrogen-bond donors (Lipinski definition) is 2. The Balaban J connectivity index is 1.79. The number of carbonyl (C=O) groups is 2. The van der Waals surface area contributed by atoms with Crippen LogP contribution in [0, 0.1) is 0 Å². The van der Waals surface area contributed by atoms with Crippen LogP contribution in [-0.4, -0.2) is 23.2 Å². The Kier molecular flexibility index (Phi) is 5.49. The number of urea groups is 1. The van der Waals surface area contributed by atoms with Crippen LogP contribution >= 0.6 is 0 Å². The van der Waals surface area contributed by atoms with E-state index in [2.05, 4.69) is 10.6 Å². The number of carbonyl (C=O) groups excluding carboxylic acids is 2. The third-order valence-corrected chi connectivity index (χ3v) is 4.06. The molecular weight excluding hydrogens is 362 g/mol. The average molecular weight is 383 g/mol. The second-order valence-electron chi connectivity index (χ2n) is 6.36. The van der Waals surface area contributed by atoms with E-state index in [1.165, 1.54) is 4.57 Å². The molecule has 3 rings (SSSR count). The van der Waals surface area contributed by atoms with Crippen molar-refractivity contribution in [2.24, 2.45) is 0 Å². The smallest absolute Gasteiger partial charge is 0.420 e. The van der Waals surface area contributed by atoms with E-state index in [0.29, 0.717) is 22.5 Å². The van der Waals surface area contributed by atoms with Crippen molar-refractivity contribution in [1.82, 2.24) is 4.57 Å². The van der Waals surface area contributed by atoms with E-state index in [9.17, 15) is 14.4 Å². The Labute approximate surface area is 161 Å². The van der Waals surface area contributed by atoms with Gasteiger partial charge in [-0.15, -0.1) is 0 Å². The third kappa shape index (κ3) is 3.90. The lowest BCUT2D eigenvalue weighted by atomic mass is 10.2. The number of ether oxygens (including phenoxy) is 1. The fraction of sp³-hybridized carbons (Fsp3) is 0.250. The first kappa shape index (κ1) is 19.2. The van der Waals surface area contributed by atoms with Gasteiger partial charge in [0.2, 0.25) is 0 Å². The molecule has 0 saturated carbocycles. The maximum absolute atomic E-state index is 12.4. The molecule has 2 aromatic carbocycles. The first-order valence-electron chi connectivity index (χ1n) is 8.90. The molecule has 3 aromatic rings. The van der Waals surface area contributed by atoms with Crippen molar-refractivity contribution in [3.05, 3.63) is 58.6 Å². The molecule has 1 aromatic heterocycles. The lowest BCUT2D eigenvalue weighted by molar-refractivity contribution is 0.0527.